The number of allylic oxidation sites excluding steroid dienone is 1. The maximum Gasteiger partial charge on any atom is 0.341 e. The summed E-state index contributed by atoms with van der Waals surface area (Å²) in [5.74, 6) is -2.87. The molecule has 0 amide bonds. The molecule has 2 aromatic heterocycles. The zero-order valence-corrected chi connectivity index (χ0v) is 16.1. The molecule has 0 radical (unpaired) electrons. The monoisotopic (exact) mass is 411 g/mol. The third-order valence-corrected chi connectivity index (χ3v) is 5.18. The number of aliphatic imine (C=N–C) groups is 1. The van der Waals surface area contributed by atoms with Crippen molar-refractivity contribution in [3.05, 3.63) is 71.2 Å². The Bertz CT molecular complexity index is 1170. The summed E-state index contributed by atoms with van der Waals surface area (Å²) in [6.45, 7) is 1.37. The number of nitrogens with one attached hydrogen (secondary N) is 1. The van der Waals surface area contributed by atoms with E-state index in [9.17, 15) is 13.6 Å². The number of halogens is 2. The van der Waals surface area contributed by atoms with Gasteiger partial charge >= 0.3 is 5.97 Å². The van der Waals surface area contributed by atoms with E-state index in [4.69, 9.17) is 9.84 Å². The van der Waals surface area contributed by atoms with Crippen LogP contribution in [0.1, 0.15) is 29.5 Å². The number of hydrogen-bond acceptors (Lipinski definition) is 4. The van der Waals surface area contributed by atoms with E-state index in [-0.39, 0.29) is 29.6 Å². The second-order valence-electron chi connectivity index (χ2n) is 7.20. The average Bonchev–Trinajstić information content (AvgIpc) is 3.13. The maximum atomic E-state index is 14.8. The molecule has 1 aromatic carbocycles. The molecular formula is C22H19F2N3O3. The van der Waals surface area contributed by atoms with Gasteiger partial charge in [0.15, 0.2) is 18.2 Å². The van der Waals surface area contributed by atoms with Gasteiger partial charge in [-0.05, 0) is 35.2 Å². The number of benzene rings is 1. The van der Waals surface area contributed by atoms with E-state index in [2.05, 4.69) is 21.9 Å². The van der Waals surface area contributed by atoms with Gasteiger partial charge in [-0.2, -0.15) is 0 Å². The molecule has 2 unspecified atom stereocenters. The summed E-state index contributed by atoms with van der Waals surface area (Å²) in [7, 11) is 0. The molecule has 0 saturated heterocycles. The van der Waals surface area contributed by atoms with E-state index in [0.717, 1.165) is 23.1 Å². The molecule has 4 rings (SSSR count). The standard InChI is InChI=1S/C22H19F2N3O3/c1-12-4-5-25-10-17(12)14-6-15-13(8-26-22(15)27-9-14)7-16-18(23)2-3-19(21(16)24)30-11-20(28)29/h2-6,8-10,12,17H,7,11H2,1H3,(H,26,27)(H,28,29). The molecule has 154 valence electrons. The second kappa shape index (κ2) is 8.06. The Morgan fingerprint density at radius 1 is 1.33 bits per heavy atom. The highest BCUT2D eigenvalue weighted by atomic mass is 19.1. The minimum Gasteiger partial charge on any atom is -0.479 e. The first-order valence-electron chi connectivity index (χ1n) is 9.41. The van der Waals surface area contributed by atoms with Crippen molar-refractivity contribution in [3.8, 4) is 5.75 Å². The highest BCUT2D eigenvalue weighted by molar-refractivity contribution is 5.82. The van der Waals surface area contributed by atoms with Crippen molar-refractivity contribution >= 4 is 23.2 Å². The molecule has 2 atom stereocenters. The highest BCUT2D eigenvalue weighted by Crippen LogP contribution is 2.31. The fraction of sp³-hybridized carbons (Fsp3) is 0.227. The normalized spacial score (nSPS) is 18.1. The van der Waals surface area contributed by atoms with Gasteiger partial charge in [0.1, 0.15) is 11.5 Å². The lowest BCUT2D eigenvalue weighted by molar-refractivity contribution is -0.139. The number of pyridine rings is 1. The van der Waals surface area contributed by atoms with Crippen molar-refractivity contribution in [1.29, 1.82) is 0 Å². The van der Waals surface area contributed by atoms with E-state index in [1.807, 2.05) is 18.4 Å². The molecule has 30 heavy (non-hydrogen) atoms. The predicted octanol–water partition coefficient (Wildman–Crippen LogP) is 4.21. The highest BCUT2D eigenvalue weighted by Gasteiger charge is 2.21. The number of ether oxygens (including phenoxy) is 1. The number of carboxylic acid groups (broad SMARTS) is 1. The van der Waals surface area contributed by atoms with Crippen LogP contribution >= 0.6 is 0 Å². The molecule has 3 heterocycles. The van der Waals surface area contributed by atoms with E-state index in [1.54, 1.807) is 18.6 Å². The van der Waals surface area contributed by atoms with Crippen LogP contribution in [0.4, 0.5) is 8.78 Å². The molecule has 0 aliphatic carbocycles. The molecule has 1 aliphatic rings. The number of rotatable bonds is 6. The van der Waals surface area contributed by atoms with Gasteiger partial charge in [0, 0.05) is 48.1 Å². The Morgan fingerprint density at radius 2 is 2.17 bits per heavy atom. The second-order valence-corrected chi connectivity index (χ2v) is 7.20. The van der Waals surface area contributed by atoms with E-state index >= 15 is 0 Å². The number of aliphatic carboxylic acids is 1. The van der Waals surface area contributed by atoms with Gasteiger partial charge in [0.25, 0.3) is 0 Å². The first-order chi connectivity index (χ1) is 14.4. The van der Waals surface area contributed by atoms with Crippen molar-refractivity contribution in [2.45, 2.75) is 19.3 Å². The van der Waals surface area contributed by atoms with Crippen LogP contribution in [0.25, 0.3) is 11.0 Å². The molecule has 8 heteroatoms. The number of hydrogen-bond donors (Lipinski definition) is 2. The largest absolute Gasteiger partial charge is 0.479 e. The third kappa shape index (κ3) is 3.80. The smallest absolute Gasteiger partial charge is 0.341 e. The summed E-state index contributed by atoms with van der Waals surface area (Å²) in [6, 6.07) is 4.12. The zero-order chi connectivity index (χ0) is 21.3. The number of nitrogens with zero attached hydrogens (tertiary/aromatic N) is 2. The fourth-order valence-corrected chi connectivity index (χ4v) is 3.56. The SMILES string of the molecule is CC1C=CN=CC1c1cnc2[nH]cc(Cc3c(F)ccc(OCC(=O)O)c3F)c2c1. The Morgan fingerprint density at radius 3 is 2.93 bits per heavy atom. The quantitative estimate of drug-likeness (QED) is 0.636. The summed E-state index contributed by atoms with van der Waals surface area (Å²) in [4.78, 5) is 22.4. The van der Waals surface area contributed by atoms with Crippen molar-refractivity contribution < 1.29 is 23.4 Å². The van der Waals surface area contributed by atoms with E-state index < -0.39 is 24.2 Å². The summed E-state index contributed by atoms with van der Waals surface area (Å²) >= 11 is 0. The van der Waals surface area contributed by atoms with Gasteiger partial charge < -0.3 is 14.8 Å². The lowest BCUT2D eigenvalue weighted by atomic mass is 9.87. The molecule has 6 nitrogen and oxygen atoms in total. The molecule has 1 aliphatic heterocycles. The molecule has 0 fully saturated rings. The van der Waals surface area contributed by atoms with E-state index in [1.165, 1.54) is 0 Å². The summed E-state index contributed by atoms with van der Waals surface area (Å²) in [5, 5.41) is 9.48. The predicted molar refractivity (Wildman–Crippen MR) is 108 cm³/mol. The van der Waals surface area contributed by atoms with Crippen molar-refractivity contribution in [1.82, 2.24) is 9.97 Å². The number of carboxylic acids is 1. The number of H-pyrrole nitrogens is 1. The van der Waals surface area contributed by atoms with Crippen LogP contribution in [0.3, 0.4) is 0 Å². The summed E-state index contributed by atoms with van der Waals surface area (Å²) < 4.78 is 34.1. The fourth-order valence-electron chi connectivity index (χ4n) is 3.56. The number of aromatic nitrogens is 2. The topological polar surface area (TPSA) is 87.6 Å². The lowest BCUT2D eigenvalue weighted by Gasteiger charge is -2.19. The Labute approximate surface area is 170 Å². The van der Waals surface area contributed by atoms with Crippen LogP contribution in [0.2, 0.25) is 0 Å². The van der Waals surface area contributed by atoms with Crippen molar-refractivity contribution in [2.24, 2.45) is 10.9 Å². The van der Waals surface area contributed by atoms with Gasteiger partial charge in [-0.15, -0.1) is 0 Å². The van der Waals surface area contributed by atoms with Gasteiger partial charge in [-0.3, -0.25) is 4.99 Å². The first-order valence-corrected chi connectivity index (χ1v) is 9.41. The minimum absolute atomic E-state index is 0.0404. The van der Waals surface area contributed by atoms with Crippen LogP contribution < -0.4 is 4.74 Å². The Kier molecular flexibility index (Phi) is 5.31. The molecule has 0 bridgehead atoms. The van der Waals surface area contributed by atoms with Crippen LogP contribution in [0.5, 0.6) is 5.75 Å². The third-order valence-electron chi connectivity index (χ3n) is 5.18. The number of aromatic amines is 1. The van der Waals surface area contributed by atoms with Crippen LogP contribution in [-0.4, -0.2) is 33.9 Å². The van der Waals surface area contributed by atoms with Gasteiger partial charge in [-0.1, -0.05) is 13.0 Å². The lowest BCUT2D eigenvalue weighted by Crippen LogP contribution is -2.12. The molecule has 3 aromatic rings. The Balaban J connectivity index is 1.68. The molecule has 0 saturated carbocycles. The summed E-state index contributed by atoms with van der Waals surface area (Å²) in [6.07, 6.45) is 9.05. The van der Waals surface area contributed by atoms with Crippen molar-refractivity contribution in [3.63, 3.8) is 0 Å². The van der Waals surface area contributed by atoms with Crippen LogP contribution in [0, 0.1) is 17.6 Å². The van der Waals surface area contributed by atoms with Gasteiger partial charge in [0.2, 0.25) is 0 Å². The average molecular weight is 411 g/mol. The first kappa shape index (κ1) is 19.8. The van der Waals surface area contributed by atoms with Crippen LogP contribution in [0.15, 0.2) is 47.9 Å². The minimum atomic E-state index is -1.24. The van der Waals surface area contributed by atoms with Crippen molar-refractivity contribution in [2.75, 3.05) is 6.61 Å². The number of fused-ring (bicyclic) bond motifs is 1. The van der Waals surface area contributed by atoms with Gasteiger partial charge in [-0.25, -0.2) is 18.6 Å². The summed E-state index contributed by atoms with van der Waals surface area (Å²) in [5.41, 5.74) is 2.05. The molecular weight excluding hydrogens is 392 g/mol. The molecule has 0 spiro atoms. The number of carbonyl (C=O) groups is 1. The Hall–Kier alpha value is -3.55. The van der Waals surface area contributed by atoms with Gasteiger partial charge in [0.05, 0.1) is 0 Å². The molecule has 2 N–H and O–H groups in total. The van der Waals surface area contributed by atoms with Crippen LogP contribution in [-0.2, 0) is 11.2 Å². The maximum absolute atomic E-state index is 14.8. The zero-order valence-electron chi connectivity index (χ0n) is 16.1. The van der Waals surface area contributed by atoms with E-state index in [0.29, 0.717) is 11.2 Å².